The molecule has 0 aromatic heterocycles. The molecule has 0 spiro atoms. The van der Waals surface area contributed by atoms with Crippen molar-refractivity contribution < 1.29 is 57.8 Å². The fraction of sp³-hybridized carbons (Fsp3) is 0.790. The van der Waals surface area contributed by atoms with Crippen LogP contribution in [0, 0.1) is 41.4 Å². The second kappa shape index (κ2) is 36.2. The van der Waals surface area contributed by atoms with Gasteiger partial charge in [-0.3, -0.25) is 52.7 Å². The minimum absolute atomic E-state index is 0. The Morgan fingerprint density at radius 2 is 0.872 bits per heavy atom. The maximum Gasteiger partial charge on any atom is 0.246 e. The highest BCUT2D eigenvalue weighted by Crippen LogP contribution is 2.26. The molecule has 0 aliphatic carbocycles. The van der Waals surface area contributed by atoms with Crippen molar-refractivity contribution in [1.29, 1.82) is 0 Å². The molecule has 11 amide bonds. The normalized spacial score (nSPS) is 26.6. The van der Waals surface area contributed by atoms with Gasteiger partial charge in [-0.1, -0.05) is 109 Å². The lowest BCUT2D eigenvalue weighted by atomic mass is 9.91. The first-order chi connectivity index (χ1) is 39.2. The van der Waals surface area contributed by atoms with Crippen LogP contribution in [0.1, 0.15) is 156 Å². The summed E-state index contributed by atoms with van der Waals surface area (Å²) < 4.78 is 0. The molecule has 86 heavy (non-hydrogen) atoms. The SMILES string of the molecule is C/C=C/C[C@@H](C)[C@@H](O)[C@H]1C(=O)N[C@@H](CC)C(=O)N(C)CC(=O)N(C)[C@@H](CC(C)C)C(=O)N[C@@H](C(C)C)C(=O)N(C)[C@@H](CC(C)C)C(=O)N[C@@H](C)C(=O)N[C@H](C)C(=O)N(C)[C@@H](CC(C)C)C(=O)N(C)[C@@H](CC(C)C)C(=O)N(C)[C@@H](C(C)C)C(=O)N1C.N. The molecular formula is C62H114N12O12. The number of hydrogen-bond acceptors (Lipinski definition) is 13. The fourth-order valence-corrected chi connectivity index (χ4v) is 10.7. The number of nitrogens with one attached hydrogen (secondary N) is 4. The second-order valence-corrected chi connectivity index (χ2v) is 26.1. The van der Waals surface area contributed by atoms with Crippen molar-refractivity contribution in [2.75, 3.05) is 55.9 Å². The quantitative estimate of drug-likeness (QED) is 0.128. The van der Waals surface area contributed by atoms with Gasteiger partial charge in [-0.25, -0.2) is 0 Å². The van der Waals surface area contributed by atoms with Gasteiger partial charge >= 0.3 is 0 Å². The van der Waals surface area contributed by atoms with Crippen molar-refractivity contribution in [2.45, 2.75) is 223 Å². The standard InChI is InChI=1S/C62H111N11O12.H3N/c1-25-27-28-40(15)52(75)51-56(79)65-43(26-2)58(81)67(18)33-48(74)68(19)44(29-34(3)4)55(78)66-49(38(11)12)61(84)69(20)45(30-35(5)6)54(77)63-41(16)53(76)64-42(17)57(80)70(21)46(31-36(7)8)59(82)71(22)47(32-37(9)10)60(83)72(23)50(39(13)14)62(85)73(51)24;/h25,27,34-47,49-52,75H,26,28-33H2,1-24H3,(H,63,77)(H,64,76)(H,65,79)(H,66,78);1H3/b27-25+;/t40-,41+,42-,43+,44+,45+,46+,47+,49+,50+,51+,52-;/m1./s1. The number of aliphatic hydroxyl groups excluding tert-OH is 1. The zero-order valence-electron chi connectivity index (χ0n) is 56.8. The third kappa shape index (κ3) is 22.2. The van der Waals surface area contributed by atoms with Gasteiger partial charge < -0.3 is 66.8 Å². The Balaban J connectivity index is 0.0000722. The zero-order chi connectivity index (χ0) is 66.0. The number of carbonyl (C=O) groups is 11. The molecule has 24 nitrogen and oxygen atoms in total. The van der Waals surface area contributed by atoms with Crippen LogP contribution in [0.4, 0.5) is 0 Å². The summed E-state index contributed by atoms with van der Waals surface area (Å²) in [5.74, 6) is -9.71. The summed E-state index contributed by atoms with van der Waals surface area (Å²) in [6, 6.07) is -12.3. The van der Waals surface area contributed by atoms with Gasteiger partial charge in [0.25, 0.3) is 0 Å². The summed E-state index contributed by atoms with van der Waals surface area (Å²) in [5, 5.41) is 23.1. The van der Waals surface area contributed by atoms with Gasteiger partial charge in [-0.2, -0.15) is 0 Å². The van der Waals surface area contributed by atoms with Crippen LogP contribution >= 0.6 is 0 Å². The summed E-state index contributed by atoms with van der Waals surface area (Å²) in [4.78, 5) is 169. The van der Waals surface area contributed by atoms with Gasteiger partial charge in [0.15, 0.2) is 0 Å². The van der Waals surface area contributed by atoms with Gasteiger partial charge in [0, 0.05) is 49.3 Å². The maximum atomic E-state index is 15.1. The van der Waals surface area contributed by atoms with Gasteiger partial charge in [0.05, 0.1) is 12.6 Å². The van der Waals surface area contributed by atoms with Crippen molar-refractivity contribution in [1.82, 2.24) is 61.7 Å². The van der Waals surface area contributed by atoms with E-state index in [0.717, 1.165) is 9.80 Å². The van der Waals surface area contributed by atoms with E-state index in [-0.39, 0.29) is 61.9 Å². The fourth-order valence-electron chi connectivity index (χ4n) is 10.7. The minimum atomic E-state index is -1.61. The van der Waals surface area contributed by atoms with Gasteiger partial charge in [-0.15, -0.1) is 0 Å². The van der Waals surface area contributed by atoms with Crippen molar-refractivity contribution in [3.8, 4) is 0 Å². The van der Waals surface area contributed by atoms with Crippen molar-refractivity contribution in [3.05, 3.63) is 12.2 Å². The van der Waals surface area contributed by atoms with E-state index in [4.69, 9.17) is 0 Å². The predicted molar refractivity (Wildman–Crippen MR) is 333 cm³/mol. The smallest absolute Gasteiger partial charge is 0.246 e. The number of likely N-dealkylation sites (N-methyl/N-ethyl adjacent to an activating group) is 7. The van der Waals surface area contributed by atoms with E-state index in [1.54, 1.807) is 54.5 Å². The van der Waals surface area contributed by atoms with E-state index >= 15 is 9.59 Å². The minimum Gasteiger partial charge on any atom is -0.390 e. The summed E-state index contributed by atoms with van der Waals surface area (Å²) in [7, 11) is 9.92. The second-order valence-electron chi connectivity index (χ2n) is 26.1. The zero-order valence-corrected chi connectivity index (χ0v) is 56.8. The molecule has 8 N–H and O–H groups in total. The van der Waals surface area contributed by atoms with Crippen LogP contribution in [-0.4, -0.2) is 227 Å². The molecule has 1 aliphatic heterocycles. The molecule has 0 radical (unpaired) electrons. The molecule has 1 heterocycles. The van der Waals surface area contributed by atoms with E-state index in [1.807, 2.05) is 61.5 Å². The van der Waals surface area contributed by atoms with Crippen LogP contribution in [0.3, 0.4) is 0 Å². The average Bonchev–Trinajstić information content (AvgIpc) is 3.35. The van der Waals surface area contributed by atoms with E-state index in [9.17, 15) is 48.3 Å². The average molecular weight is 1220 g/mol. The van der Waals surface area contributed by atoms with Crippen LogP contribution in [0.2, 0.25) is 0 Å². The maximum absolute atomic E-state index is 15.1. The van der Waals surface area contributed by atoms with Gasteiger partial charge in [0.1, 0.15) is 60.4 Å². The Morgan fingerprint density at radius 1 is 0.465 bits per heavy atom. The first-order valence-electron chi connectivity index (χ1n) is 30.6. The molecule has 1 aliphatic rings. The molecule has 1 rings (SSSR count). The lowest BCUT2D eigenvalue weighted by Crippen LogP contribution is -2.63. The third-order valence-corrected chi connectivity index (χ3v) is 16.1. The van der Waals surface area contributed by atoms with Crippen LogP contribution in [0.25, 0.3) is 0 Å². The van der Waals surface area contributed by atoms with Crippen molar-refractivity contribution in [2.24, 2.45) is 41.4 Å². The number of allylic oxidation sites excluding steroid dienone is 2. The van der Waals surface area contributed by atoms with Crippen LogP contribution in [0.15, 0.2) is 12.2 Å². The van der Waals surface area contributed by atoms with E-state index in [2.05, 4.69) is 21.3 Å². The van der Waals surface area contributed by atoms with Crippen LogP contribution in [0.5, 0.6) is 0 Å². The summed E-state index contributed by atoms with van der Waals surface area (Å²) in [5.41, 5.74) is 0. The highest BCUT2D eigenvalue weighted by molar-refractivity contribution is 5.99. The largest absolute Gasteiger partial charge is 0.390 e. The lowest BCUT2D eigenvalue weighted by Gasteiger charge is -2.41. The highest BCUT2D eigenvalue weighted by atomic mass is 16.3. The van der Waals surface area contributed by atoms with E-state index < -0.39 is 156 Å². The Morgan fingerprint density at radius 3 is 1.31 bits per heavy atom. The van der Waals surface area contributed by atoms with E-state index in [0.29, 0.717) is 6.42 Å². The number of hydrogen-bond donors (Lipinski definition) is 6. The van der Waals surface area contributed by atoms with Crippen LogP contribution in [-0.2, 0) is 52.7 Å². The Hall–Kier alpha value is -6.17. The molecule has 0 aromatic carbocycles. The first kappa shape index (κ1) is 79.8. The summed E-state index contributed by atoms with van der Waals surface area (Å²) >= 11 is 0. The molecular weight excluding hydrogens is 1100 g/mol. The number of rotatable bonds is 15. The highest BCUT2D eigenvalue weighted by Gasteiger charge is 2.45. The van der Waals surface area contributed by atoms with Gasteiger partial charge in [0.2, 0.25) is 65.0 Å². The first-order valence-corrected chi connectivity index (χ1v) is 30.6. The van der Waals surface area contributed by atoms with Crippen molar-refractivity contribution >= 4 is 65.0 Å². The summed E-state index contributed by atoms with van der Waals surface area (Å²) in [6.45, 7) is 29.3. The monoisotopic (exact) mass is 1220 g/mol. The third-order valence-electron chi connectivity index (χ3n) is 16.1. The summed E-state index contributed by atoms with van der Waals surface area (Å²) in [6.07, 6.45) is 3.04. The predicted octanol–water partition coefficient (Wildman–Crippen LogP) is 3.43. The Bertz CT molecular complexity index is 2330. The van der Waals surface area contributed by atoms with E-state index in [1.165, 1.54) is 87.7 Å². The Kier molecular flexibility index (Phi) is 33.6. The molecule has 494 valence electrons. The molecule has 0 unspecified atom stereocenters. The molecule has 0 saturated carbocycles. The molecule has 1 fully saturated rings. The Labute approximate surface area is 515 Å². The lowest BCUT2D eigenvalue weighted by molar-refractivity contribution is -0.157. The topological polar surface area (TPSA) is 314 Å². The van der Waals surface area contributed by atoms with Gasteiger partial charge in [-0.05, 0) is 101 Å². The number of nitrogens with zero attached hydrogens (tertiary/aromatic N) is 7. The molecule has 0 aromatic rings. The number of aliphatic hydroxyl groups is 1. The number of carbonyl (C=O) groups excluding carboxylic acids is 11. The molecule has 1 saturated heterocycles. The van der Waals surface area contributed by atoms with Crippen molar-refractivity contribution in [3.63, 3.8) is 0 Å². The molecule has 12 atom stereocenters. The van der Waals surface area contributed by atoms with Crippen LogP contribution < -0.4 is 27.4 Å². The molecule has 0 bridgehead atoms. The molecule has 24 heteroatoms. The number of amides is 11.